The molecule has 2 aromatic carbocycles. The summed E-state index contributed by atoms with van der Waals surface area (Å²) in [5.74, 6) is 0.937. The van der Waals surface area contributed by atoms with Crippen molar-refractivity contribution in [1.29, 1.82) is 0 Å². The second-order valence-electron chi connectivity index (χ2n) is 8.80. The highest BCUT2D eigenvalue weighted by molar-refractivity contribution is 6.00. The second kappa shape index (κ2) is 5.23. The zero-order chi connectivity index (χ0) is 18.7. The van der Waals surface area contributed by atoms with E-state index in [0.717, 1.165) is 22.6 Å². The molecule has 0 bridgehead atoms. The first-order valence-corrected chi connectivity index (χ1v) is 9.09. The Kier molecular flexibility index (Phi) is 3.40. The van der Waals surface area contributed by atoms with Gasteiger partial charge in [-0.1, -0.05) is 39.0 Å². The lowest BCUT2D eigenvalue weighted by atomic mass is 9.76. The standard InChI is InChI=1S/C23H25NO2/c1-21(2,3)20(25)16-10-11-19-15(14-16)12-13-23(26-19)22(4,5)17-8-6-7-9-18(17)24-23/h6-14,24H,1-5H3. The SMILES string of the molecule is CC(C)(C)C(=O)c1ccc2c(c1)C=CC1(Nc3ccccc3C1(C)C)O2. The van der Waals surface area contributed by atoms with E-state index in [1.807, 2.05) is 45.0 Å². The fourth-order valence-corrected chi connectivity index (χ4v) is 3.86. The van der Waals surface area contributed by atoms with E-state index in [9.17, 15) is 4.79 Å². The van der Waals surface area contributed by atoms with Crippen LogP contribution in [0.2, 0.25) is 0 Å². The second-order valence-corrected chi connectivity index (χ2v) is 8.80. The third-order valence-corrected chi connectivity index (χ3v) is 5.57. The van der Waals surface area contributed by atoms with E-state index in [-0.39, 0.29) is 11.2 Å². The number of Topliss-reactive ketones (excluding diaryl/α,β-unsaturated/α-hetero) is 1. The van der Waals surface area contributed by atoms with Crippen molar-refractivity contribution in [3.8, 4) is 5.75 Å². The van der Waals surface area contributed by atoms with Crippen LogP contribution >= 0.6 is 0 Å². The Hall–Kier alpha value is -2.55. The van der Waals surface area contributed by atoms with Crippen LogP contribution in [0.4, 0.5) is 5.69 Å². The van der Waals surface area contributed by atoms with Gasteiger partial charge in [0.25, 0.3) is 0 Å². The van der Waals surface area contributed by atoms with E-state index in [1.54, 1.807) is 0 Å². The van der Waals surface area contributed by atoms with Gasteiger partial charge in [-0.25, -0.2) is 0 Å². The smallest absolute Gasteiger partial charge is 0.209 e. The van der Waals surface area contributed by atoms with Crippen molar-refractivity contribution < 1.29 is 9.53 Å². The molecule has 0 aliphatic carbocycles. The third kappa shape index (κ3) is 2.30. The minimum Gasteiger partial charge on any atom is -0.463 e. The van der Waals surface area contributed by atoms with Gasteiger partial charge < -0.3 is 10.1 Å². The summed E-state index contributed by atoms with van der Waals surface area (Å²) < 4.78 is 6.49. The summed E-state index contributed by atoms with van der Waals surface area (Å²) in [6.07, 6.45) is 4.15. The van der Waals surface area contributed by atoms with E-state index in [4.69, 9.17) is 4.74 Å². The lowest BCUT2D eigenvalue weighted by Crippen LogP contribution is -2.53. The molecule has 0 saturated carbocycles. The van der Waals surface area contributed by atoms with E-state index in [1.165, 1.54) is 5.56 Å². The van der Waals surface area contributed by atoms with E-state index in [0.29, 0.717) is 0 Å². The Morgan fingerprint density at radius 3 is 2.50 bits per heavy atom. The molecule has 1 unspecified atom stereocenters. The summed E-state index contributed by atoms with van der Waals surface area (Å²) in [5, 5.41) is 3.57. The monoisotopic (exact) mass is 347 g/mol. The summed E-state index contributed by atoms with van der Waals surface area (Å²) in [4.78, 5) is 12.6. The van der Waals surface area contributed by atoms with Gasteiger partial charge in [-0.15, -0.1) is 0 Å². The van der Waals surface area contributed by atoms with Gasteiger partial charge in [-0.05, 0) is 55.8 Å². The van der Waals surface area contributed by atoms with Crippen molar-refractivity contribution in [3.63, 3.8) is 0 Å². The zero-order valence-corrected chi connectivity index (χ0v) is 16.0. The third-order valence-electron chi connectivity index (χ3n) is 5.57. The Morgan fingerprint density at radius 1 is 1.08 bits per heavy atom. The van der Waals surface area contributed by atoms with E-state index >= 15 is 0 Å². The molecule has 1 N–H and O–H groups in total. The van der Waals surface area contributed by atoms with Gasteiger partial charge in [0.1, 0.15) is 5.75 Å². The number of fused-ring (bicyclic) bond motifs is 2. The molecule has 1 spiro atoms. The number of nitrogens with one attached hydrogen (secondary N) is 1. The molecule has 0 amide bonds. The Labute approximate surface area is 155 Å². The number of rotatable bonds is 1. The first-order valence-electron chi connectivity index (χ1n) is 9.09. The number of carbonyl (C=O) groups is 1. The van der Waals surface area contributed by atoms with Gasteiger partial charge >= 0.3 is 0 Å². The molecular formula is C23H25NO2. The fourth-order valence-electron chi connectivity index (χ4n) is 3.86. The molecule has 2 aromatic rings. The lowest BCUT2D eigenvalue weighted by molar-refractivity contribution is 0.0819. The van der Waals surface area contributed by atoms with Crippen molar-refractivity contribution in [2.45, 2.75) is 45.8 Å². The van der Waals surface area contributed by atoms with Crippen LogP contribution in [-0.2, 0) is 5.41 Å². The first kappa shape index (κ1) is 16.9. The Balaban J connectivity index is 1.73. The quantitative estimate of drug-likeness (QED) is 0.700. The molecule has 26 heavy (non-hydrogen) atoms. The minimum atomic E-state index is -0.626. The molecule has 134 valence electrons. The summed E-state index contributed by atoms with van der Waals surface area (Å²) in [7, 11) is 0. The van der Waals surface area contributed by atoms with Gasteiger partial charge in [-0.2, -0.15) is 0 Å². The number of ether oxygens (including phenoxy) is 1. The molecule has 0 saturated heterocycles. The van der Waals surface area contributed by atoms with Crippen molar-refractivity contribution in [2.24, 2.45) is 5.41 Å². The molecule has 2 heterocycles. The Morgan fingerprint density at radius 2 is 1.81 bits per heavy atom. The number of hydrogen-bond acceptors (Lipinski definition) is 3. The summed E-state index contributed by atoms with van der Waals surface area (Å²) in [5.41, 5.74) is 2.77. The van der Waals surface area contributed by atoms with Crippen molar-refractivity contribution in [1.82, 2.24) is 0 Å². The number of anilines is 1. The lowest BCUT2D eigenvalue weighted by Gasteiger charge is -2.41. The maximum atomic E-state index is 12.6. The van der Waals surface area contributed by atoms with Crippen LogP contribution in [0.15, 0.2) is 48.5 Å². The van der Waals surface area contributed by atoms with Crippen LogP contribution < -0.4 is 10.1 Å². The summed E-state index contributed by atoms with van der Waals surface area (Å²) in [6, 6.07) is 14.0. The van der Waals surface area contributed by atoms with Crippen molar-refractivity contribution in [3.05, 3.63) is 65.2 Å². The van der Waals surface area contributed by atoms with E-state index in [2.05, 4.69) is 49.5 Å². The number of para-hydroxylation sites is 1. The van der Waals surface area contributed by atoms with Gasteiger partial charge in [-0.3, -0.25) is 4.79 Å². The maximum Gasteiger partial charge on any atom is 0.209 e. The van der Waals surface area contributed by atoms with Gasteiger partial charge in [0.05, 0.1) is 5.41 Å². The highest BCUT2D eigenvalue weighted by Crippen LogP contribution is 2.51. The molecule has 3 heteroatoms. The van der Waals surface area contributed by atoms with E-state index < -0.39 is 11.1 Å². The molecule has 2 aliphatic heterocycles. The Bertz CT molecular complexity index is 933. The number of ketones is 1. The molecule has 4 rings (SSSR count). The molecule has 0 fully saturated rings. The molecule has 0 aromatic heterocycles. The van der Waals surface area contributed by atoms with Crippen LogP contribution in [0.1, 0.15) is 56.1 Å². The molecule has 3 nitrogen and oxygen atoms in total. The summed E-state index contributed by atoms with van der Waals surface area (Å²) >= 11 is 0. The predicted octanol–water partition coefficient (Wildman–Crippen LogP) is 5.42. The minimum absolute atomic E-state index is 0.140. The van der Waals surface area contributed by atoms with Gasteiger partial charge in [0, 0.05) is 22.2 Å². The largest absolute Gasteiger partial charge is 0.463 e. The molecular weight excluding hydrogens is 322 g/mol. The highest BCUT2D eigenvalue weighted by Gasteiger charge is 2.54. The normalized spacial score (nSPS) is 22.3. The van der Waals surface area contributed by atoms with Gasteiger partial charge in [0.2, 0.25) is 5.72 Å². The van der Waals surface area contributed by atoms with Crippen LogP contribution in [0.25, 0.3) is 6.08 Å². The van der Waals surface area contributed by atoms with Crippen LogP contribution in [0.5, 0.6) is 5.75 Å². The predicted molar refractivity (Wildman–Crippen MR) is 106 cm³/mol. The van der Waals surface area contributed by atoms with Crippen LogP contribution in [0, 0.1) is 5.41 Å². The zero-order valence-electron chi connectivity index (χ0n) is 16.0. The van der Waals surface area contributed by atoms with Crippen molar-refractivity contribution in [2.75, 3.05) is 5.32 Å². The molecule has 2 aliphatic rings. The molecule has 1 atom stereocenters. The molecule has 0 radical (unpaired) electrons. The fraction of sp³-hybridized carbons (Fsp3) is 0.348. The number of hydrogen-bond donors (Lipinski definition) is 1. The summed E-state index contributed by atoms with van der Waals surface area (Å²) in [6.45, 7) is 10.2. The average Bonchev–Trinajstić information content (AvgIpc) is 2.80. The first-order chi connectivity index (χ1) is 12.1. The number of benzene rings is 2. The number of carbonyl (C=O) groups excluding carboxylic acids is 1. The highest BCUT2D eigenvalue weighted by atomic mass is 16.5. The maximum absolute atomic E-state index is 12.6. The average molecular weight is 347 g/mol. The van der Waals surface area contributed by atoms with Crippen molar-refractivity contribution >= 4 is 17.5 Å². The van der Waals surface area contributed by atoms with Crippen LogP contribution in [-0.4, -0.2) is 11.5 Å². The topological polar surface area (TPSA) is 38.3 Å². The van der Waals surface area contributed by atoms with Crippen LogP contribution in [0.3, 0.4) is 0 Å². The van der Waals surface area contributed by atoms with Gasteiger partial charge in [0.15, 0.2) is 5.78 Å².